The molecule has 4 nitrogen and oxygen atoms in total. The van der Waals surface area contributed by atoms with Crippen LogP contribution in [0.4, 0.5) is 11.6 Å². The average molecular weight is 276 g/mol. The van der Waals surface area contributed by atoms with E-state index in [0.29, 0.717) is 0 Å². The first-order valence-electron chi connectivity index (χ1n) is 8.07. The van der Waals surface area contributed by atoms with Gasteiger partial charge in [-0.05, 0) is 31.6 Å². The maximum atomic E-state index is 4.46. The van der Waals surface area contributed by atoms with Gasteiger partial charge in [-0.2, -0.15) is 0 Å². The van der Waals surface area contributed by atoms with E-state index in [1.54, 1.807) is 6.33 Å². The highest BCUT2D eigenvalue weighted by Crippen LogP contribution is 2.31. The van der Waals surface area contributed by atoms with Gasteiger partial charge in [0.2, 0.25) is 0 Å². The van der Waals surface area contributed by atoms with Crippen LogP contribution in [0.2, 0.25) is 0 Å². The predicted octanol–water partition coefficient (Wildman–Crippen LogP) is 3.71. The molecule has 0 amide bonds. The van der Waals surface area contributed by atoms with Crippen LogP contribution in [0.5, 0.6) is 0 Å². The van der Waals surface area contributed by atoms with E-state index < -0.39 is 0 Å². The topological polar surface area (TPSA) is 49.8 Å². The normalized spacial score (nSPS) is 21.9. The van der Waals surface area contributed by atoms with Gasteiger partial charge in [-0.1, -0.05) is 33.1 Å². The molecule has 1 saturated carbocycles. The molecule has 1 aromatic heterocycles. The summed E-state index contributed by atoms with van der Waals surface area (Å²) in [4.78, 5) is 8.84. The first-order valence-corrected chi connectivity index (χ1v) is 8.07. The third-order valence-electron chi connectivity index (χ3n) is 4.36. The molecule has 0 aromatic carbocycles. The first kappa shape index (κ1) is 15.1. The van der Waals surface area contributed by atoms with Gasteiger partial charge in [-0.25, -0.2) is 9.97 Å². The van der Waals surface area contributed by atoms with E-state index in [2.05, 4.69) is 41.4 Å². The average Bonchev–Trinajstić information content (AvgIpc) is 2.85. The van der Waals surface area contributed by atoms with E-state index >= 15 is 0 Å². The largest absolute Gasteiger partial charge is 0.370 e. The van der Waals surface area contributed by atoms with Crippen molar-refractivity contribution in [1.29, 1.82) is 0 Å². The van der Waals surface area contributed by atoms with Gasteiger partial charge in [-0.3, -0.25) is 0 Å². The van der Waals surface area contributed by atoms with E-state index in [1.807, 2.05) is 0 Å². The van der Waals surface area contributed by atoms with Gasteiger partial charge in [-0.15, -0.1) is 0 Å². The fourth-order valence-corrected chi connectivity index (χ4v) is 3.12. The molecule has 1 heterocycles. The lowest BCUT2D eigenvalue weighted by molar-refractivity contribution is 0.439. The molecule has 1 aliphatic rings. The monoisotopic (exact) mass is 276 g/mol. The lowest BCUT2D eigenvalue weighted by Crippen LogP contribution is -2.18. The van der Waals surface area contributed by atoms with Crippen LogP contribution in [0, 0.1) is 11.8 Å². The Hall–Kier alpha value is -1.32. The van der Waals surface area contributed by atoms with Crippen LogP contribution in [-0.4, -0.2) is 23.1 Å². The summed E-state index contributed by atoms with van der Waals surface area (Å²) >= 11 is 0. The van der Waals surface area contributed by atoms with Crippen LogP contribution in [-0.2, 0) is 6.42 Å². The van der Waals surface area contributed by atoms with Gasteiger partial charge < -0.3 is 10.6 Å². The number of hydrogen-bond donors (Lipinski definition) is 2. The number of aromatic nitrogens is 2. The molecule has 0 aliphatic heterocycles. The van der Waals surface area contributed by atoms with Crippen molar-refractivity contribution in [1.82, 2.24) is 9.97 Å². The molecule has 0 radical (unpaired) electrons. The quantitative estimate of drug-likeness (QED) is 0.797. The number of nitrogens with zero attached hydrogens (tertiary/aromatic N) is 2. The molecule has 0 saturated heterocycles. The third-order valence-corrected chi connectivity index (χ3v) is 4.36. The minimum Gasteiger partial charge on any atom is -0.370 e. The second-order valence-electron chi connectivity index (χ2n) is 5.88. The van der Waals surface area contributed by atoms with Crippen molar-refractivity contribution >= 4 is 11.6 Å². The van der Waals surface area contributed by atoms with E-state index in [4.69, 9.17) is 0 Å². The maximum absolute atomic E-state index is 4.46. The van der Waals surface area contributed by atoms with Crippen molar-refractivity contribution in [2.75, 3.05) is 23.7 Å². The van der Waals surface area contributed by atoms with E-state index in [0.717, 1.165) is 49.4 Å². The van der Waals surface area contributed by atoms with Crippen LogP contribution in [0.3, 0.4) is 0 Å². The summed E-state index contributed by atoms with van der Waals surface area (Å²) in [7, 11) is 0. The molecule has 1 aliphatic carbocycles. The van der Waals surface area contributed by atoms with Gasteiger partial charge in [0.15, 0.2) is 0 Å². The maximum Gasteiger partial charge on any atom is 0.134 e. The van der Waals surface area contributed by atoms with E-state index in [1.165, 1.54) is 24.8 Å². The van der Waals surface area contributed by atoms with E-state index in [-0.39, 0.29) is 0 Å². The van der Waals surface area contributed by atoms with Gasteiger partial charge in [0.05, 0.1) is 0 Å². The van der Waals surface area contributed by atoms with Crippen molar-refractivity contribution in [3.63, 3.8) is 0 Å². The summed E-state index contributed by atoms with van der Waals surface area (Å²) in [6.07, 6.45) is 7.90. The smallest absolute Gasteiger partial charge is 0.134 e. The molecule has 0 bridgehead atoms. The van der Waals surface area contributed by atoms with Crippen LogP contribution >= 0.6 is 0 Å². The van der Waals surface area contributed by atoms with Crippen LogP contribution in [0.15, 0.2) is 6.33 Å². The molecular formula is C16H28N4. The fraction of sp³-hybridized carbons (Fsp3) is 0.750. The van der Waals surface area contributed by atoms with Crippen LogP contribution in [0.1, 0.15) is 52.0 Å². The molecule has 2 atom stereocenters. The zero-order chi connectivity index (χ0) is 14.4. The number of anilines is 2. The third kappa shape index (κ3) is 3.62. The van der Waals surface area contributed by atoms with Crippen LogP contribution < -0.4 is 10.6 Å². The Morgan fingerprint density at radius 1 is 1.15 bits per heavy atom. The summed E-state index contributed by atoms with van der Waals surface area (Å²) < 4.78 is 0. The second kappa shape index (κ2) is 7.46. The molecule has 0 spiro atoms. The lowest BCUT2D eigenvalue weighted by Gasteiger charge is -2.19. The van der Waals surface area contributed by atoms with Crippen LogP contribution in [0.25, 0.3) is 0 Å². The Morgan fingerprint density at radius 3 is 2.50 bits per heavy atom. The minimum absolute atomic E-state index is 0.794. The van der Waals surface area contributed by atoms with Crippen molar-refractivity contribution < 1.29 is 0 Å². The molecule has 2 N–H and O–H groups in total. The minimum atomic E-state index is 0.794. The second-order valence-corrected chi connectivity index (χ2v) is 5.88. The van der Waals surface area contributed by atoms with E-state index in [9.17, 15) is 0 Å². The van der Waals surface area contributed by atoms with Gasteiger partial charge in [0.25, 0.3) is 0 Å². The molecule has 2 rings (SSSR count). The highest BCUT2D eigenvalue weighted by Gasteiger charge is 2.23. The first-order chi connectivity index (χ1) is 9.76. The van der Waals surface area contributed by atoms with Crippen molar-refractivity contribution in [2.24, 2.45) is 11.8 Å². The fourth-order valence-electron chi connectivity index (χ4n) is 3.12. The predicted molar refractivity (Wildman–Crippen MR) is 85.2 cm³/mol. The number of nitrogens with one attached hydrogen (secondary N) is 2. The summed E-state index contributed by atoms with van der Waals surface area (Å²) in [5.74, 6) is 3.65. The highest BCUT2D eigenvalue weighted by atomic mass is 15.1. The summed E-state index contributed by atoms with van der Waals surface area (Å²) in [6.45, 7) is 8.61. The van der Waals surface area contributed by atoms with Gasteiger partial charge >= 0.3 is 0 Å². The number of rotatable bonds is 7. The highest BCUT2D eigenvalue weighted by molar-refractivity contribution is 5.57. The molecular weight excluding hydrogens is 248 g/mol. The Kier molecular flexibility index (Phi) is 5.62. The zero-order valence-corrected chi connectivity index (χ0v) is 13.1. The molecule has 1 aromatic rings. The van der Waals surface area contributed by atoms with Crippen molar-refractivity contribution in [2.45, 2.75) is 52.9 Å². The zero-order valence-electron chi connectivity index (χ0n) is 13.1. The summed E-state index contributed by atoms with van der Waals surface area (Å²) in [5, 5.41) is 6.93. The van der Waals surface area contributed by atoms with Crippen molar-refractivity contribution in [3.8, 4) is 0 Å². The molecule has 2 unspecified atom stereocenters. The van der Waals surface area contributed by atoms with Crippen molar-refractivity contribution in [3.05, 3.63) is 11.9 Å². The lowest BCUT2D eigenvalue weighted by atomic mass is 9.98. The summed E-state index contributed by atoms with van der Waals surface area (Å²) in [6, 6.07) is 0. The Balaban J connectivity index is 2.07. The molecule has 20 heavy (non-hydrogen) atoms. The SMILES string of the molecule is CCCc1c(NCC)ncnc1NCC1CCCC1C. The molecule has 4 heteroatoms. The Labute approximate surface area is 122 Å². The number of hydrogen-bond acceptors (Lipinski definition) is 4. The standard InChI is InChI=1S/C16H28N4/c1-4-7-14-15(17-5-2)19-11-20-16(14)18-10-13-9-6-8-12(13)3/h11-13H,4-10H2,1-3H3,(H2,17,18,19,20). The Morgan fingerprint density at radius 2 is 1.90 bits per heavy atom. The Bertz CT molecular complexity index is 419. The van der Waals surface area contributed by atoms with Gasteiger partial charge in [0.1, 0.15) is 18.0 Å². The molecule has 1 fully saturated rings. The van der Waals surface area contributed by atoms with Gasteiger partial charge in [0, 0.05) is 18.7 Å². The molecule has 112 valence electrons. The summed E-state index contributed by atoms with van der Waals surface area (Å²) in [5.41, 5.74) is 1.24.